The van der Waals surface area contributed by atoms with Gasteiger partial charge in [-0.25, -0.2) is 23.5 Å². The van der Waals surface area contributed by atoms with Crippen LogP contribution in [0.3, 0.4) is 0 Å². The van der Waals surface area contributed by atoms with Gasteiger partial charge in [0.15, 0.2) is 11.4 Å². The minimum atomic E-state index is -4.98. The molecular formula is C56H54ClF5N10O7. The molecule has 5 atom stereocenters. The third kappa shape index (κ3) is 8.84. The molecule has 23 heteroatoms. The molecule has 3 fully saturated rings. The van der Waals surface area contributed by atoms with Crippen LogP contribution in [0, 0.1) is 24.1 Å². The highest BCUT2D eigenvalue weighted by Gasteiger charge is 2.50. The third-order valence-corrected chi connectivity index (χ3v) is 16.7. The first-order valence-corrected chi connectivity index (χ1v) is 26.4. The number of pyridine rings is 3. The highest BCUT2D eigenvalue weighted by molar-refractivity contribution is 6.34. The molecule has 0 bridgehead atoms. The van der Waals surface area contributed by atoms with Gasteiger partial charge in [-0.05, 0) is 93.6 Å². The summed E-state index contributed by atoms with van der Waals surface area (Å²) >= 11 is 6.75. The lowest BCUT2D eigenvalue weighted by atomic mass is 9.86. The number of cyclic esters (lactones) is 1. The molecule has 412 valence electrons. The number of amides is 1. The number of aromatic nitrogens is 5. The molecule has 17 nitrogen and oxygen atoms in total. The van der Waals surface area contributed by atoms with Crippen LogP contribution in [0.1, 0.15) is 86.3 Å². The molecule has 0 aliphatic carbocycles. The zero-order valence-electron chi connectivity index (χ0n) is 43.6. The Morgan fingerprint density at radius 2 is 1.85 bits per heavy atom. The van der Waals surface area contributed by atoms with Crippen molar-refractivity contribution in [1.29, 1.82) is 5.26 Å². The van der Waals surface area contributed by atoms with E-state index in [-0.39, 0.29) is 116 Å². The number of anilines is 2. The zero-order chi connectivity index (χ0) is 56.2. The number of alkyl halides is 4. The number of benzene rings is 2. The van der Waals surface area contributed by atoms with E-state index in [9.17, 15) is 42.3 Å². The normalized spacial score (nSPS) is 22.1. The van der Waals surface area contributed by atoms with Gasteiger partial charge in [-0.3, -0.25) is 14.5 Å². The quantitative estimate of drug-likeness (QED) is 0.0669. The molecule has 5 aliphatic rings. The van der Waals surface area contributed by atoms with Crippen molar-refractivity contribution in [2.45, 2.75) is 115 Å². The summed E-state index contributed by atoms with van der Waals surface area (Å²) in [6, 6.07) is 10.2. The maximum atomic E-state index is 17.3. The van der Waals surface area contributed by atoms with Crippen molar-refractivity contribution < 1.29 is 50.9 Å². The number of esters is 1. The number of carbonyl (C=O) groups is 2. The number of hydrogen-bond acceptors (Lipinski definition) is 15. The minimum Gasteiger partial charge on any atom is -0.486 e. The highest BCUT2D eigenvalue weighted by Crippen LogP contribution is 2.47. The maximum Gasteiger partial charge on any atom is 0.418 e. The van der Waals surface area contributed by atoms with Crippen LogP contribution >= 0.6 is 11.6 Å². The Hall–Kier alpha value is -7.48. The standard InChI is InChI=1S/C56H54ClF5N10O7/c1-6-33-34-18-32(9-10-40(34)65-46-36(33)24-72-41(46)20-38-37(51(72)74)25-77-52(75)55(38,76)7-2)79-29(5)28(4)50(73)71-16-15-69(23-31(71)11-13-63)49-35-19-39(57)43(48-44(56(60,61)62)27(3)17-42(64)66-48)45(59)47(35)67-53(68-49)78-26-54-12-8-14-70(54)22-30(58)21-54/h9-10,17-20,29-31,76H,4,6-8,11-12,14-16,21-26H2,1-3,5H3,(H2,64,66). The second-order valence-corrected chi connectivity index (χ2v) is 21.4. The van der Waals surface area contributed by atoms with Gasteiger partial charge in [-0.1, -0.05) is 32.0 Å². The van der Waals surface area contributed by atoms with Gasteiger partial charge in [0.1, 0.15) is 48.4 Å². The second kappa shape index (κ2) is 19.7. The fourth-order valence-electron chi connectivity index (χ4n) is 12.4. The molecule has 4 aromatic heterocycles. The van der Waals surface area contributed by atoms with E-state index in [0.29, 0.717) is 42.0 Å². The number of nitrogen functional groups attached to an aromatic ring is 1. The molecule has 11 rings (SSSR count). The lowest BCUT2D eigenvalue weighted by Crippen LogP contribution is -2.56. The summed E-state index contributed by atoms with van der Waals surface area (Å²) < 4.78 is 95.5. The highest BCUT2D eigenvalue weighted by atomic mass is 35.5. The molecule has 0 saturated carbocycles. The largest absolute Gasteiger partial charge is 0.486 e. The summed E-state index contributed by atoms with van der Waals surface area (Å²) in [5, 5.41) is 21.8. The Labute approximate surface area is 454 Å². The predicted octanol–water partition coefficient (Wildman–Crippen LogP) is 8.26. The Morgan fingerprint density at radius 1 is 1.06 bits per heavy atom. The molecule has 1 amide bonds. The summed E-state index contributed by atoms with van der Waals surface area (Å²) in [7, 11) is 0. The van der Waals surface area contributed by atoms with E-state index in [0.717, 1.165) is 29.0 Å². The first-order chi connectivity index (χ1) is 37.6. The molecule has 5 aliphatic heterocycles. The van der Waals surface area contributed by atoms with Crippen LogP contribution in [0.15, 0.2) is 53.3 Å². The van der Waals surface area contributed by atoms with Crippen LogP contribution in [-0.4, -0.2) is 114 Å². The molecular weight excluding hydrogens is 1060 g/mol. The molecule has 0 spiro atoms. The topological polar surface area (TPSA) is 215 Å². The number of fused-ring (bicyclic) bond motifs is 7. The van der Waals surface area contributed by atoms with E-state index >= 15 is 4.39 Å². The van der Waals surface area contributed by atoms with E-state index in [1.807, 2.05) is 17.9 Å². The van der Waals surface area contributed by atoms with Crippen molar-refractivity contribution in [3.05, 3.63) is 103 Å². The molecule has 6 aromatic rings. The Morgan fingerprint density at radius 3 is 2.58 bits per heavy atom. The number of aryl methyl sites for hydroxylation is 2. The van der Waals surface area contributed by atoms with Crippen LogP contribution in [0.2, 0.25) is 5.02 Å². The first kappa shape index (κ1) is 53.5. The first-order valence-electron chi connectivity index (χ1n) is 26.1. The molecule has 3 saturated heterocycles. The molecule has 3 N–H and O–H groups in total. The van der Waals surface area contributed by atoms with Crippen molar-refractivity contribution in [3.63, 3.8) is 0 Å². The molecule has 9 heterocycles. The van der Waals surface area contributed by atoms with Gasteiger partial charge in [0.05, 0.1) is 74.9 Å². The van der Waals surface area contributed by atoms with Gasteiger partial charge in [0, 0.05) is 60.1 Å². The SMILES string of the molecule is C=C(C(=O)N1CCN(c2nc(OCC34CCCN3CC(F)C4)nc3c(F)c(-c4nc(N)cc(C)c4C(F)(F)F)c(Cl)cc23)CC1CC#N)C(C)Oc1ccc2nc3c(c(CC)c2c1)Cn1c-3cc2c(c1=O)COC(=O)C2(O)CC. The number of halogens is 6. The third-order valence-electron chi connectivity index (χ3n) is 16.4. The fourth-order valence-corrected chi connectivity index (χ4v) is 12.7. The van der Waals surface area contributed by atoms with E-state index in [2.05, 4.69) is 22.6 Å². The molecule has 5 unspecified atom stereocenters. The second-order valence-electron chi connectivity index (χ2n) is 21.0. The van der Waals surface area contributed by atoms with Crippen LogP contribution < -0.4 is 25.7 Å². The molecule has 79 heavy (non-hydrogen) atoms. The van der Waals surface area contributed by atoms with Crippen molar-refractivity contribution >= 4 is 56.9 Å². The van der Waals surface area contributed by atoms with Crippen LogP contribution in [0.4, 0.5) is 33.6 Å². The summed E-state index contributed by atoms with van der Waals surface area (Å²) in [5.41, 5.74) is 3.22. The number of nitriles is 1. The van der Waals surface area contributed by atoms with Crippen LogP contribution in [-0.2, 0) is 45.7 Å². The average Bonchev–Trinajstić information content (AvgIpc) is 4.32. The van der Waals surface area contributed by atoms with Crippen molar-refractivity contribution in [2.24, 2.45) is 0 Å². The Bertz CT molecular complexity index is 3700. The van der Waals surface area contributed by atoms with Gasteiger partial charge >= 0.3 is 18.2 Å². The number of piperazine rings is 1. The summed E-state index contributed by atoms with van der Waals surface area (Å²) in [4.78, 5) is 64.4. The summed E-state index contributed by atoms with van der Waals surface area (Å²) in [6.07, 6.45) is -4.95. The fraction of sp³-hybridized carbons (Fsp3) is 0.429. The number of hydrogen-bond donors (Lipinski definition) is 2. The number of carbonyl (C=O) groups excluding carboxylic acids is 2. The Balaban J connectivity index is 0.873. The van der Waals surface area contributed by atoms with E-state index in [4.69, 9.17) is 41.5 Å². The lowest BCUT2D eigenvalue weighted by molar-refractivity contribution is -0.172. The van der Waals surface area contributed by atoms with Crippen molar-refractivity contribution in [2.75, 3.05) is 50.0 Å². The van der Waals surface area contributed by atoms with E-state index in [1.165, 1.54) is 17.9 Å². The van der Waals surface area contributed by atoms with Crippen molar-refractivity contribution in [3.8, 4) is 40.5 Å². The van der Waals surface area contributed by atoms with Gasteiger partial charge in [0.2, 0.25) is 0 Å². The summed E-state index contributed by atoms with van der Waals surface area (Å²) in [5.74, 6) is -2.41. The number of nitrogens with zero attached hydrogens (tertiary/aromatic N) is 9. The minimum absolute atomic E-state index is 0.00325. The predicted molar refractivity (Wildman–Crippen MR) is 282 cm³/mol. The Kier molecular flexibility index (Phi) is 13.3. The summed E-state index contributed by atoms with van der Waals surface area (Å²) in [6.45, 7) is 11.4. The van der Waals surface area contributed by atoms with Gasteiger partial charge in [0.25, 0.3) is 11.5 Å². The number of rotatable bonds is 12. The van der Waals surface area contributed by atoms with Crippen molar-refractivity contribution in [1.82, 2.24) is 34.3 Å². The van der Waals surface area contributed by atoms with Gasteiger partial charge < -0.3 is 39.4 Å². The average molecular weight is 1110 g/mol. The molecule has 2 aromatic carbocycles. The molecule has 0 radical (unpaired) electrons. The van der Waals surface area contributed by atoms with E-state index < -0.39 is 80.7 Å². The van der Waals surface area contributed by atoms with Gasteiger partial charge in [-0.15, -0.1) is 0 Å². The maximum absolute atomic E-state index is 17.3. The van der Waals surface area contributed by atoms with Gasteiger partial charge in [-0.2, -0.15) is 28.4 Å². The number of ether oxygens (including phenoxy) is 3. The number of aliphatic hydroxyl groups is 1. The smallest absolute Gasteiger partial charge is 0.418 e. The monoisotopic (exact) mass is 1110 g/mol. The number of nitrogens with two attached hydrogens (primary N) is 1. The van der Waals surface area contributed by atoms with E-state index in [1.54, 1.807) is 41.5 Å². The van der Waals surface area contributed by atoms with Crippen LogP contribution in [0.25, 0.3) is 44.5 Å². The lowest BCUT2D eigenvalue weighted by Gasteiger charge is -2.42. The van der Waals surface area contributed by atoms with Crippen LogP contribution in [0.5, 0.6) is 11.8 Å². The zero-order valence-corrected chi connectivity index (χ0v) is 44.3.